The van der Waals surface area contributed by atoms with E-state index in [-0.39, 0.29) is 11.8 Å². The van der Waals surface area contributed by atoms with Crippen LogP contribution >= 0.6 is 22.7 Å². The Morgan fingerprint density at radius 2 is 1.66 bits per heavy atom. The molecule has 10 nitrogen and oxygen atoms in total. The number of benzene rings is 3. The number of nitrogens with one attached hydrogen (secondary N) is 1. The minimum absolute atomic E-state index is 0.135. The third kappa shape index (κ3) is 5.96. The van der Waals surface area contributed by atoms with E-state index in [2.05, 4.69) is 48.2 Å². The van der Waals surface area contributed by atoms with Crippen LogP contribution in [0.15, 0.2) is 72.8 Å². The van der Waals surface area contributed by atoms with Crippen LogP contribution in [0.5, 0.6) is 5.88 Å². The first-order chi connectivity index (χ1) is 21.5. The summed E-state index contributed by atoms with van der Waals surface area (Å²) >= 11 is 2.90. The van der Waals surface area contributed by atoms with Gasteiger partial charge in [-0.25, -0.2) is 9.78 Å². The zero-order valence-corrected chi connectivity index (χ0v) is 25.4. The lowest BCUT2D eigenvalue weighted by Gasteiger charge is -2.35. The number of aromatic nitrogens is 2. The number of hydrogen-bond acceptors (Lipinski definition) is 10. The number of anilines is 3. The van der Waals surface area contributed by atoms with Crippen molar-refractivity contribution < 1.29 is 19.4 Å². The van der Waals surface area contributed by atoms with Crippen LogP contribution in [-0.4, -0.2) is 64.8 Å². The first-order valence-corrected chi connectivity index (χ1v) is 16.1. The Hall–Kier alpha value is -4.52. The number of carbonyl (C=O) groups is 2. The fourth-order valence-electron chi connectivity index (χ4n) is 5.78. The lowest BCUT2D eigenvalue weighted by atomic mass is 9.94. The maximum absolute atomic E-state index is 13.5. The molecule has 2 aliphatic heterocycles. The Bertz CT molecular complexity index is 1780. The molecule has 0 radical (unpaired) electrons. The summed E-state index contributed by atoms with van der Waals surface area (Å²) in [7, 11) is 0. The molecule has 0 bridgehead atoms. The molecule has 0 aliphatic carbocycles. The molecule has 224 valence electrons. The maximum Gasteiger partial charge on any atom is 0.512 e. The molecule has 7 rings (SSSR count). The Morgan fingerprint density at radius 1 is 0.864 bits per heavy atom. The minimum Gasteiger partial charge on any atom is -0.449 e. The largest absolute Gasteiger partial charge is 0.512 e. The van der Waals surface area contributed by atoms with E-state index in [9.17, 15) is 14.7 Å². The molecule has 4 heterocycles. The quantitative estimate of drug-likeness (QED) is 0.212. The first kappa shape index (κ1) is 28.3. The molecule has 0 atom stereocenters. The second kappa shape index (κ2) is 12.2. The Labute approximate surface area is 262 Å². The number of nitrogens with zero attached hydrogens (tertiary/aromatic N) is 5. The van der Waals surface area contributed by atoms with E-state index in [1.165, 1.54) is 28.4 Å². The van der Waals surface area contributed by atoms with Crippen LogP contribution in [0.2, 0.25) is 0 Å². The van der Waals surface area contributed by atoms with E-state index in [1.807, 2.05) is 54.6 Å². The van der Waals surface area contributed by atoms with Gasteiger partial charge in [-0.15, -0.1) is 0 Å². The minimum atomic E-state index is -1.38. The molecule has 0 unspecified atom stereocenters. The van der Waals surface area contributed by atoms with Gasteiger partial charge in [-0.1, -0.05) is 65.1 Å². The summed E-state index contributed by atoms with van der Waals surface area (Å²) in [5, 5.41) is 13.7. The monoisotopic (exact) mass is 626 g/mol. The second-order valence-electron chi connectivity index (χ2n) is 10.7. The Kier molecular flexibility index (Phi) is 7.86. The van der Waals surface area contributed by atoms with Gasteiger partial charge in [0.15, 0.2) is 10.3 Å². The molecular formula is C32H30N6O4S2. The van der Waals surface area contributed by atoms with Crippen molar-refractivity contribution in [3.05, 3.63) is 94.4 Å². The van der Waals surface area contributed by atoms with Crippen LogP contribution in [-0.2, 0) is 19.5 Å². The number of piperazine rings is 1. The van der Waals surface area contributed by atoms with Crippen molar-refractivity contribution in [2.45, 2.75) is 19.5 Å². The maximum atomic E-state index is 13.5. The van der Waals surface area contributed by atoms with Gasteiger partial charge >= 0.3 is 6.16 Å². The molecule has 44 heavy (non-hydrogen) atoms. The summed E-state index contributed by atoms with van der Waals surface area (Å²) in [4.78, 5) is 41.7. The number of rotatable bonds is 7. The average molecular weight is 627 g/mol. The molecule has 1 fully saturated rings. The number of hydrogen-bond donors (Lipinski definition) is 2. The normalized spacial score (nSPS) is 15.3. The molecule has 0 spiro atoms. The van der Waals surface area contributed by atoms with E-state index < -0.39 is 6.16 Å². The summed E-state index contributed by atoms with van der Waals surface area (Å²) < 4.78 is 6.17. The molecule has 2 aromatic heterocycles. The van der Waals surface area contributed by atoms with Crippen molar-refractivity contribution in [1.29, 1.82) is 0 Å². The number of para-hydroxylation sites is 2. The molecule has 0 saturated carbocycles. The highest BCUT2D eigenvalue weighted by Crippen LogP contribution is 2.36. The van der Waals surface area contributed by atoms with Gasteiger partial charge in [-0.3, -0.25) is 15.0 Å². The van der Waals surface area contributed by atoms with Crippen LogP contribution in [0.1, 0.15) is 26.4 Å². The smallest absolute Gasteiger partial charge is 0.449 e. The number of carboxylic acid groups (broad SMARTS) is 1. The fraction of sp³-hybridized carbons (Fsp3) is 0.250. The van der Waals surface area contributed by atoms with E-state index in [0.29, 0.717) is 35.5 Å². The highest BCUT2D eigenvalue weighted by molar-refractivity contribution is 7.22. The molecule has 3 aromatic carbocycles. The van der Waals surface area contributed by atoms with Crippen LogP contribution in [0.25, 0.3) is 10.2 Å². The van der Waals surface area contributed by atoms with Gasteiger partial charge in [0.2, 0.25) is 5.88 Å². The Morgan fingerprint density at radius 3 is 2.45 bits per heavy atom. The van der Waals surface area contributed by atoms with Gasteiger partial charge in [0.05, 0.1) is 15.1 Å². The van der Waals surface area contributed by atoms with Crippen molar-refractivity contribution in [3.63, 3.8) is 0 Å². The fourth-order valence-corrected chi connectivity index (χ4v) is 7.69. The van der Waals surface area contributed by atoms with Gasteiger partial charge in [0.1, 0.15) is 0 Å². The van der Waals surface area contributed by atoms with Crippen LogP contribution in [0.4, 0.5) is 20.7 Å². The standard InChI is InChI=1S/C32H30N6O4S2/c39-28(34-30-33-25-11-4-5-12-26(25)43-30)23-10-6-7-21-13-14-38(19-24(21)23)31-35-29(42-32(40)41)27(44-31)20-36-15-17-37(18-16-36)22-8-2-1-3-9-22/h1-12H,13-20H2,(H,40,41)(H,33,34,39). The molecule has 2 N–H and O–H groups in total. The average Bonchev–Trinajstić information content (AvgIpc) is 3.64. The number of thiazole rings is 2. The Balaban J connectivity index is 1.07. The lowest BCUT2D eigenvalue weighted by Crippen LogP contribution is -2.45. The molecule has 1 amide bonds. The predicted molar refractivity (Wildman–Crippen MR) is 173 cm³/mol. The van der Waals surface area contributed by atoms with Gasteiger partial charge in [-0.05, 0) is 47.9 Å². The van der Waals surface area contributed by atoms with Crippen LogP contribution in [0, 0.1) is 0 Å². The third-order valence-electron chi connectivity index (χ3n) is 8.00. The van der Waals surface area contributed by atoms with E-state index in [4.69, 9.17) is 4.74 Å². The van der Waals surface area contributed by atoms with Gasteiger partial charge in [-0.2, -0.15) is 4.98 Å². The van der Waals surface area contributed by atoms with Gasteiger partial charge in [0, 0.05) is 57.1 Å². The number of ether oxygens (including phenoxy) is 1. The predicted octanol–water partition coefficient (Wildman–Crippen LogP) is 5.95. The second-order valence-corrected chi connectivity index (χ2v) is 12.8. The number of amides is 1. The van der Waals surface area contributed by atoms with Crippen LogP contribution < -0.4 is 19.9 Å². The zero-order chi connectivity index (χ0) is 30.0. The highest BCUT2D eigenvalue weighted by Gasteiger charge is 2.28. The molecule has 2 aliphatic rings. The topological polar surface area (TPSA) is 111 Å². The number of fused-ring (bicyclic) bond motifs is 2. The summed E-state index contributed by atoms with van der Waals surface area (Å²) in [6, 6.07) is 24.0. The van der Waals surface area contributed by atoms with E-state index in [0.717, 1.165) is 58.8 Å². The molecule has 12 heteroatoms. The van der Waals surface area contributed by atoms with E-state index in [1.54, 1.807) is 0 Å². The SMILES string of the molecule is O=C(O)Oc1nc(N2CCc3cccc(C(=O)Nc4nc5ccccc5s4)c3C2)sc1CN1CCN(c2ccccc2)CC1. The molecule has 5 aromatic rings. The van der Waals surface area contributed by atoms with E-state index >= 15 is 0 Å². The summed E-state index contributed by atoms with van der Waals surface area (Å²) in [5.41, 5.74) is 4.72. The van der Waals surface area contributed by atoms with Crippen molar-refractivity contribution in [2.24, 2.45) is 0 Å². The highest BCUT2D eigenvalue weighted by atomic mass is 32.1. The van der Waals surface area contributed by atoms with Gasteiger partial charge < -0.3 is 19.6 Å². The third-order valence-corrected chi connectivity index (χ3v) is 10.0. The zero-order valence-electron chi connectivity index (χ0n) is 23.8. The van der Waals surface area contributed by atoms with Gasteiger partial charge in [0.25, 0.3) is 5.91 Å². The van der Waals surface area contributed by atoms with Crippen molar-refractivity contribution in [2.75, 3.05) is 47.8 Å². The summed E-state index contributed by atoms with van der Waals surface area (Å²) in [5.74, 6) is -0.0669. The lowest BCUT2D eigenvalue weighted by molar-refractivity contribution is 0.102. The van der Waals surface area contributed by atoms with Crippen LogP contribution in [0.3, 0.4) is 0 Å². The summed E-state index contributed by atoms with van der Waals surface area (Å²) in [6.07, 6.45) is -0.641. The van der Waals surface area contributed by atoms with Crippen molar-refractivity contribution in [3.8, 4) is 5.88 Å². The molecule has 1 saturated heterocycles. The van der Waals surface area contributed by atoms with Crippen molar-refractivity contribution >= 4 is 60.9 Å². The summed E-state index contributed by atoms with van der Waals surface area (Å²) in [6.45, 7) is 5.20. The first-order valence-electron chi connectivity index (χ1n) is 14.5. The van der Waals surface area contributed by atoms with Crippen molar-refractivity contribution in [1.82, 2.24) is 14.9 Å². The number of carbonyl (C=O) groups excluding carboxylic acids is 1. The molecular weight excluding hydrogens is 597 g/mol.